The Morgan fingerprint density at radius 2 is 1.69 bits per heavy atom. The van der Waals surface area contributed by atoms with Crippen molar-refractivity contribution < 1.29 is 57.7 Å². The number of likely N-dealkylation sites (N-methyl/N-ethyl adjacent to an activating group) is 1. The van der Waals surface area contributed by atoms with Crippen LogP contribution in [0.15, 0.2) is 42.1 Å². The highest BCUT2D eigenvalue weighted by Crippen LogP contribution is 2.40. The first kappa shape index (κ1) is 55.8. The number of fused-ring (bicyclic) bond motifs is 1. The van der Waals surface area contributed by atoms with Crippen LogP contribution in [0.3, 0.4) is 0 Å². The van der Waals surface area contributed by atoms with Crippen LogP contribution < -0.4 is 16.4 Å². The van der Waals surface area contributed by atoms with Crippen molar-refractivity contribution in [2.24, 2.45) is 30.0 Å². The quantitative estimate of drug-likeness (QED) is 0.0309. The molecule has 370 valence electrons. The zero-order valence-electron chi connectivity index (χ0n) is 40.5. The number of unbranched alkanes of at least 4 members (excludes halogenated alkanes) is 2. The number of carbonyl (C=O) groups is 9. The van der Waals surface area contributed by atoms with Crippen LogP contribution in [-0.2, 0) is 65.1 Å². The fraction of sp³-hybridized carbons (Fsp3) is 0.604. The Balaban J connectivity index is 1.83. The molecule has 1 aromatic heterocycles. The number of imide groups is 1. The number of carboxylic acids is 1. The van der Waals surface area contributed by atoms with Gasteiger partial charge in [-0.2, -0.15) is 0 Å². The van der Waals surface area contributed by atoms with E-state index in [2.05, 4.69) is 15.4 Å². The van der Waals surface area contributed by atoms with E-state index < -0.39 is 70.0 Å². The molecule has 5 N–H and O–H groups in total. The number of carboxylic acid groups (broad SMARTS) is 1. The molecule has 19 heteroatoms. The van der Waals surface area contributed by atoms with Gasteiger partial charge in [0, 0.05) is 80.2 Å². The van der Waals surface area contributed by atoms with Gasteiger partial charge >= 0.3 is 5.97 Å². The molecule has 0 saturated carbocycles. The maximum atomic E-state index is 14.9. The highest BCUT2D eigenvalue weighted by molar-refractivity contribution is 8.00. The largest absolute Gasteiger partial charge is 0.480 e. The fourth-order valence-electron chi connectivity index (χ4n) is 8.18. The molecular weight excluding hydrogens is 885 g/mol. The van der Waals surface area contributed by atoms with Crippen molar-refractivity contribution in [1.82, 2.24) is 25.0 Å². The number of aryl methyl sites for hydroxylation is 1. The lowest BCUT2D eigenvalue weighted by Gasteiger charge is -2.40. The minimum absolute atomic E-state index is 0.000588. The van der Waals surface area contributed by atoms with Gasteiger partial charge in [-0.05, 0) is 42.7 Å². The molecule has 3 rings (SSSR count). The number of carbonyl (C=O) groups excluding carboxylic acids is 8. The summed E-state index contributed by atoms with van der Waals surface area (Å²) in [6.07, 6.45) is 3.93. The van der Waals surface area contributed by atoms with Gasteiger partial charge in [-0.25, -0.2) is 0 Å². The van der Waals surface area contributed by atoms with Gasteiger partial charge in [0.05, 0.1) is 23.8 Å². The van der Waals surface area contributed by atoms with E-state index >= 15 is 0 Å². The van der Waals surface area contributed by atoms with Crippen molar-refractivity contribution in [2.75, 3.05) is 26.0 Å². The third kappa shape index (κ3) is 15.2. The second-order valence-electron chi connectivity index (χ2n) is 19.1. The van der Waals surface area contributed by atoms with Crippen molar-refractivity contribution >= 4 is 76.9 Å². The average molecular weight is 955 g/mol. The molecule has 0 aliphatic carbocycles. The standard InChI is InChI=1S/C48H70N6O12S/c1-29(2)37(22-30(3)42(59)50-39(66-28-56)19-21-65-27-55)53(10)45(62)41(47(4,5)6)51-43(60)33(48(7,8)34-25-52(9)36-18-14-13-17-32(34)36)23-31(57)16-12-11-15-20-54-40(58)24-38(44(54)61)67-26-35(49)46(63)64/h13-14,17-18,22,25,27-29,33,35,37-39,41H,11-12,15-16,19-21,23-24,26,49H2,1-10H3,(H,50,59)(H,51,60)(H,63,64)/b30-22+/t33-,35+,37-,38?,39+,41-/m1/s1. The number of nitrogens with two attached hydrogens (primary N) is 1. The molecule has 67 heavy (non-hydrogen) atoms. The zero-order chi connectivity index (χ0) is 50.4. The molecule has 18 nitrogen and oxygen atoms in total. The summed E-state index contributed by atoms with van der Waals surface area (Å²) in [7, 11) is 3.51. The van der Waals surface area contributed by atoms with Gasteiger partial charge in [0.1, 0.15) is 17.9 Å². The number of Topliss-reactive ketones (excluding diaryl/α,β-unsaturated/α-hetero) is 1. The van der Waals surface area contributed by atoms with Gasteiger partial charge < -0.3 is 40.4 Å². The van der Waals surface area contributed by atoms with Crippen LogP contribution in [0.1, 0.15) is 106 Å². The predicted molar refractivity (Wildman–Crippen MR) is 253 cm³/mol. The van der Waals surface area contributed by atoms with E-state index in [1.54, 1.807) is 20.0 Å². The Kier molecular flexibility index (Phi) is 20.8. The van der Waals surface area contributed by atoms with Crippen molar-refractivity contribution in [2.45, 2.75) is 135 Å². The summed E-state index contributed by atoms with van der Waals surface area (Å²) in [6, 6.07) is 4.94. The Morgan fingerprint density at radius 3 is 2.30 bits per heavy atom. The van der Waals surface area contributed by atoms with Gasteiger partial charge in [-0.3, -0.25) is 48.1 Å². The van der Waals surface area contributed by atoms with Crippen molar-refractivity contribution in [3.8, 4) is 0 Å². The molecule has 6 atom stereocenters. The van der Waals surface area contributed by atoms with Crippen LogP contribution in [0.2, 0.25) is 0 Å². The number of aromatic nitrogens is 1. The Labute approximate surface area is 397 Å². The molecular formula is C48H70N6O12S. The first-order chi connectivity index (χ1) is 31.4. The van der Waals surface area contributed by atoms with Gasteiger partial charge in [-0.1, -0.05) is 79.2 Å². The summed E-state index contributed by atoms with van der Waals surface area (Å²) in [4.78, 5) is 118. The molecule has 1 unspecified atom stereocenters. The summed E-state index contributed by atoms with van der Waals surface area (Å²) in [6.45, 7) is 15.1. The maximum absolute atomic E-state index is 14.9. The monoisotopic (exact) mass is 954 g/mol. The number of benzene rings is 1. The Morgan fingerprint density at radius 1 is 1.01 bits per heavy atom. The minimum Gasteiger partial charge on any atom is -0.480 e. The Bertz CT molecular complexity index is 2150. The summed E-state index contributed by atoms with van der Waals surface area (Å²) in [5.74, 6) is -4.68. The first-order valence-corrected chi connectivity index (χ1v) is 23.6. The molecule has 0 spiro atoms. The molecule has 5 amide bonds. The van der Waals surface area contributed by atoms with E-state index in [1.807, 2.05) is 90.5 Å². The third-order valence-electron chi connectivity index (χ3n) is 12.3. The van der Waals surface area contributed by atoms with Crippen LogP contribution in [0, 0.1) is 17.3 Å². The summed E-state index contributed by atoms with van der Waals surface area (Å²) >= 11 is 1.06. The maximum Gasteiger partial charge on any atom is 0.321 e. The van der Waals surface area contributed by atoms with Crippen LogP contribution in [0.25, 0.3) is 10.9 Å². The number of ketones is 1. The van der Waals surface area contributed by atoms with Gasteiger partial charge in [0.15, 0.2) is 6.23 Å². The number of ether oxygens (including phenoxy) is 2. The molecule has 2 heterocycles. The van der Waals surface area contributed by atoms with Crippen LogP contribution in [0.5, 0.6) is 0 Å². The SMILES string of the molecule is C/C(=C\[C@H](C(C)C)N(C)C(=O)[C@@H](NC(=O)[C@@H](CC(=O)CCCCCN1C(=O)CC(SC[C@H](N)C(=O)O)C1=O)C(C)(C)c1cn(C)c2ccccc12)C(C)(C)C)C(=O)N[C@H](CCOC=O)OC=O. The number of amides is 5. The van der Waals surface area contributed by atoms with Crippen LogP contribution in [0.4, 0.5) is 0 Å². The number of aliphatic carboxylic acids is 1. The number of nitrogens with zero attached hydrogens (tertiary/aromatic N) is 3. The lowest BCUT2D eigenvalue weighted by Crippen LogP contribution is -2.58. The minimum atomic E-state index is -1.19. The van der Waals surface area contributed by atoms with Crippen molar-refractivity contribution in [3.05, 3.63) is 47.7 Å². The van der Waals surface area contributed by atoms with E-state index in [-0.39, 0.29) is 86.6 Å². The summed E-state index contributed by atoms with van der Waals surface area (Å²) in [5.41, 5.74) is 5.86. The highest BCUT2D eigenvalue weighted by atomic mass is 32.2. The second-order valence-corrected chi connectivity index (χ2v) is 20.4. The number of rotatable bonds is 28. The van der Waals surface area contributed by atoms with Gasteiger partial charge in [0.2, 0.25) is 29.5 Å². The molecule has 1 fully saturated rings. The lowest BCUT2D eigenvalue weighted by atomic mass is 9.70. The molecule has 1 aliphatic heterocycles. The van der Waals surface area contributed by atoms with Crippen molar-refractivity contribution in [3.63, 3.8) is 0 Å². The van der Waals surface area contributed by atoms with Gasteiger partial charge in [0.25, 0.3) is 12.9 Å². The molecule has 1 aromatic carbocycles. The number of hydrogen-bond donors (Lipinski definition) is 4. The number of hydrogen-bond acceptors (Lipinski definition) is 13. The normalized spacial score (nSPS) is 16.8. The van der Waals surface area contributed by atoms with Gasteiger partial charge in [-0.15, -0.1) is 11.8 Å². The van der Waals surface area contributed by atoms with E-state index in [9.17, 15) is 43.2 Å². The number of nitrogens with one attached hydrogen (secondary N) is 2. The first-order valence-electron chi connectivity index (χ1n) is 22.6. The smallest absolute Gasteiger partial charge is 0.321 e. The number of para-hydroxylation sites is 1. The molecule has 0 radical (unpaired) electrons. The van der Waals surface area contributed by atoms with E-state index in [1.165, 1.54) is 9.80 Å². The number of likely N-dealkylation sites (tertiary alicyclic amines) is 1. The van der Waals surface area contributed by atoms with Crippen LogP contribution >= 0.6 is 11.8 Å². The molecule has 1 aliphatic rings. The van der Waals surface area contributed by atoms with E-state index in [0.29, 0.717) is 19.3 Å². The van der Waals surface area contributed by atoms with Crippen molar-refractivity contribution in [1.29, 1.82) is 0 Å². The lowest BCUT2D eigenvalue weighted by molar-refractivity contribution is -0.142. The molecule has 0 bridgehead atoms. The molecule has 2 aromatic rings. The highest BCUT2D eigenvalue weighted by Gasteiger charge is 2.44. The van der Waals surface area contributed by atoms with E-state index in [0.717, 1.165) is 28.2 Å². The average Bonchev–Trinajstić information content (AvgIpc) is 3.75. The fourth-order valence-corrected chi connectivity index (χ4v) is 9.29. The predicted octanol–water partition coefficient (Wildman–Crippen LogP) is 4.00. The van der Waals surface area contributed by atoms with Crippen LogP contribution in [-0.4, -0.2) is 129 Å². The Hall–Kier alpha value is -5.56. The van der Waals surface area contributed by atoms with E-state index in [4.69, 9.17) is 15.6 Å². The number of thioether (sulfide) groups is 1. The second kappa shape index (κ2) is 25.0. The summed E-state index contributed by atoms with van der Waals surface area (Å²) < 4.78 is 11.6. The topological polar surface area (TPSA) is 254 Å². The molecule has 1 saturated heterocycles. The third-order valence-corrected chi connectivity index (χ3v) is 13.6. The zero-order valence-corrected chi connectivity index (χ0v) is 41.3. The summed E-state index contributed by atoms with van der Waals surface area (Å²) in [5, 5.41) is 14.9.